The second-order valence-corrected chi connectivity index (χ2v) is 8.64. The van der Waals surface area contributed by atoms with Crippen molar-refractivity contribution in [2.75, 3.05) is 6.54 Å². The summed E-state index contributed by atoms with van der Waals surface area (Å²) in [5.74, 6) is -3.32. The summed E-state index contributed by atoms with van der Waals surface area (Å²) in [7, 11) is 0. The highest BCUT2D eigenvalue weighted by atomic mass is 16.7. The molecule has 0 spiro atoms. The zero-order valence-electron chi connectivity index (χ0n) is 20.0. The van der Waals surface area contributed by atoms with Gasteiger partial charge in [-0.15, -0.1) is 0 Å². The molecule has 9 nitrogen and oxygen atoms in total. The van der Waals surface area contributed by atoms with Gasteiger partial charge in [0.05, 0.1) is 13.2 Å². The maximum atomic E-state index is 12.9. The van der Waals surface area contributed by atoms with Gasteiger partial charge in [0, 0.05) is 13.0 Å². The van der Waals surface area contributed by atoms with Crippen molar-refractivity contribution in [1.29, 1.82) is 0 Å². The Hall–Kier alpha value is -3.27. The van der Waals surface area contributed by atoms with Crippen LogP contribution in [0.2, 0.25) is 0 Å². The Labute approximate surface area is 205 Å². The predicted molar refractivity (Wildman–Crippen MR) is 127 cm³/mol. The van der Waals surface area contributed by atoms with Crippen molar-refractivity contribution in [2.24, 2.45) is 11.8 Å². The van der Waals surface area contributed by atoms with E-state index in [2.05, 4.69) is 5.48 Å². The van der Waals surface area contributed by atoms with Crippen molar-refractivity contribution in [3.63, 3.8) is 0 Å². The number of aliphatic carboxylic acids is 2. The highest BCUT2D eigenvalue weighted by Crippen LogP contribution is 2.16. The fraction of sp³-hybridized carbons (Fsp3) is 0.423. The van der Waals surface area contributed by atoms with Crippen LogP contribution in [0.25, 0.3) is 0 Å². The summed E-state index contributed by atoms with van der Waals surface area (Å²) in [5, 5.41) is 18.9. The van der Waals surface area contributed by atoms with Crippen molar-refractivity contribution >= 4 is 17.9 Å². The molecule has 2 rings (SSSR count). The van der Waals surface area contributed by atoms with E-state index >= 15 is 0 Å². The summed E-state index contributed by atoms with van der Waals surface area (Å²) >= 11 is 0. The molecule has 0 bridgehead atoms. The van der Waals surface area contributed by atoms with Crippen molar-refractivity contribution < 1.29 is 38.9 Å². The third-order valence-corrected chi connectivity index (χ3v) is 5.11. The molecule has 0 aliphatic carbocycles. The number of nitrogens with one attached hydrogen (secondary N) is 1. The highest BCUT2D eigenvalue weighted by Gasteiger charge is 2.37. The molecule has 2 aromatic rings. The number of ether oxygens (including phenoxy) is 2. The van der Waals surface area contributed by atoms with Gasteiger partial charge in [-0.3, -0.25) is 4.79 Å². The number of hydrogen-bond acceptors (Lipinski definition) is 7. The molecule has 0 radical (unpaired) electrons. The van der Waals surface area contributed by atoms with Crippen LogP contribution in [0, 0.1) is 11.8 Å². The second kappa shape index (κ2) is 14.9. The number of benzene rings is 2. The minimum Gasteiger partial charge on any atom is -0.481 e. The summed E-state index contributed by atoms with van der Waals surface area (Å²) < 4.78 is 11.2. The first-order valence-electron chi connectivity index (χ1n) is 11.5. The van der Waals surface area contributed by atoms with Gasteiger partial charge in [-0.05, 0) is 29.4 Å². The first kappa shape index (κ1) is 28.0. The SMILES string of the molecule is CC(C)C[C@H](CNOC(=O)[C@H](OCc1ccccc1)[C@@H](OCc1ccccc1)C(=O)O)CC(=O)O. The molecule has 0 saturated heterocycles. The van der Waals surface area contributed by atoms with Gasteiger partial charge in [-0.2, -0.15) is 5.48 Å². The number of hydrogen-bond donors (Lipinski definition) is 3. The van der Waals surface area contributed by atoms with Crippen LogP contribution in [0.4, 0.5) is 0 Å². The minimum atomic E-state index is -1.63. The molecule has 0 aliphatic rings. The van der Waals surface area contributed by atoms with E-state index in [1.165, 1.54) is 0 Å². The molecule has 0 unspecified atom stereocenters. The molecule has 0 saturated carbocycles. The molecule has 2 aromatic carbocycles. The lowest BCUT2D eigenvalue weighted by atomic mass is 9.94. The molecular formula is C26H33NO8. The summed E-state index contributed by atoms with van der Waals surface area (Å²) in [6, 6.07) is 17.9. The Bertz CT molecular complexity index is 919. The van der Waals surface area contributed by atoms with Gasteiger partial charge in [0.15, 0.2) is 12.2 Å². The Balaban J connectivity index is 2.08. The normalized spacial score (nSPS) is 13.7. The number of rotatable bonds is 16. The summed E-state index contributed by atoms with van der Waals surface area (Å²) in [6.45, 7) is 3.96. The molecule has 190 valence electrons. The van der Waals surface area contributed by atoms with Gasteiger partial charge in [0.25, 0.3) is 0 Å². The topological polar surface area (TPSA) is 131 Å². The van der Waals surface area contributed by atoms with Gasteiger partial charge in [-0.1, -0.05) is 74.5 Å². The minimum absolute atomic E-state index is 0.0337. The molecule has 3 N–H and O–H groups in total. The average molecular weight is 488 g/mol. The van der Waals surface area contributed by atoms with Crippen molar-refractivity contribution in [3.05, 3.63) is 71.8 Å². The number of carboxylic acids is 2. The molecule has 35 heavy (non-hydrogen) atoms. The number of carboxylic acid groups (broad SMARTS) is 2. The van der Waals surface area contributed by atoms with Crippen LogP contribution in [-0.4, -0.2) is 46.9 Å². The first-order valence-corrected chi connectivity index (χ1v) is 11.5. The van der Waals surface area contributed by atoms with Crippen molar-refractivity contribution in [2.45, 2.75) is 52.1 Å². The van der Waals surface area contributed by atoms with Gasteiger partial charge in [-0.25, -0.2) is 9.59 Å². The van der Waals surface area contributed by atoms with Gasteiger partial charge in [0.2, 0.25) is 0 Å². The van der Waals surface area contributed by atoms with E-state index in [-0.39, 0.29) is 38.0 Å². The van der Waals surface area contributed by atoms with Crippen LogP contribution in [-0.2, 0) is 41.9 Å². The third kappa shape index (κ3) is 10.7. The molecule has 0 heterocycles. The van der Waals surface area contributed by atoms with Crippen molar-refractivity contribution in [1.82, 2.24) is 5.48 Å². The van der Waals surface area contributed by atoms with Crippen LogP contribution >= 0.6 is 0 Å². The molecule has 9 heteroatoms. The van der Waals surface area contributed by atoms with E-state index < -0.39 is 30.1 Å². The van der Waals surface area contributed by atoms with Crippen LogP contribution in [0.15, 0.2) is 60.7 Å². The number of carbonyl (C=O) groups excluding carboxylic acids is 1. The standard InChI is InChI=1S/C26H33NO8/c1-18(2)13-21(14-22(28)29)15-27-35-26(32)24(34-17-20-11-7-4-8-12-20)23(25(30)31)33-16-19-9-5-3-6-10-19/h3-12,18,21,23-24,27H,13-17H2,1-2H3,(H,28,29)(H,30,31)/t21-,23+,24+/m0/s1. The second-order valence-electron chi connectivity index (χ2n) is 8.64. The van der Waals surface area contributed by atoms with Crippen LogP contribution in [0.1, 0.15) is 37.8 Å². The quantitative estimate of drug-likeness (QED) is 0.305. The zero-order valence-corrected chi connectivity index (χ0v) is 20.0. The fourth-order valence-electron chi connectivity index (χ4n) is 3.53. The van der Waals surface area contributed by atoms with Gasteiger partial charge in [0.1, 0.15) is 0 Å². The van der Waals surface area contributed by atoms with E-state index in [1.54, 1.807) is 48.5 Å². The molecule has 0 amide bonds. The van der Waals surface area contributed by atoms with E-state index in [4.69, 9.17) is 19.4 Å². The largest absolute Gasteiger partial charge is 0.481 e. The van der Waals surface area contributed by atoms with Crippen LogP contribution in [0.5, 0.6) is 0 Å². The van der Waals surface area contributed by atoms with E-state index in [0.29, 0.717) is 6.42 Å². The first-order chi connectivity index (χ1) is 16.8. The molecular weight excluding hydrogens is 454 g/mol. The fourth-order valence-corrected chi connectivity index (χ4v) is 3.53. The van der Waals surface area contributed by atoms with E-state index in [9.17, 15) is 19.5 Å². The molecule has 0 aliphatic heterocycles. The van der Waals surface area contributed by atoms with E-state index in [0.717, 1.165) is 11.1 Å². The number of carbonyl (C=O) groups is 3. The maximum Gasteiger partial charge on any atom is 0.357 e. The smallest absolute Gasteiger partial charge is 0.357 e. The predicted octanol–water partition coefficient (Wildman–Crippen LogP) is 3.43. The van der Waals surface area contributed by atoms with E-state index in [1.807, 2.05) is 26.0 Å². The van der Waals surface area contributed by atoms with Crippen molar-refractivity contribution in [3.8, 4) is 0 Å². The summed E-state index contributed by atoms with van der Waals surface area (Å²) in [6.07, 6.45) is -2.66. The van der Waals surface area contributed by atoms with Gasteiger partial charge < -0.3 is 24.5 Å². The Kier molecular flexibility index (Phi) is 11.9. The monoisotopic (exact) mass is 487 g/mol. The average Bonchev–Trinajstić information content (AvgIpc) is 2.81. The lowest BCUT2D eigenvalue weighted by Gasteiger charge is -2.24. The van der Waals surface area contributed by atoms with Crippen LogP contribution in [0.3, 0.4) is 0 Å². The zero-order chi connectivity index (χ0) is 25.6. The lowest BCUT2D eigenvalue weighted by Crippen LogP contribution is -2.46. The molecule has 0 aromatic heterocycles. The maximum absolute atomic E-state index is 12.9. The number of hydroxylamine groups is 1. The summed E-state index contributed by atoms with van der Waals surface area (Å²) in [5.41, 5.74) is 3.97. The highest BCUT2D eigenvalue weighted by molar-refractivity contribution is 5.84. The Morgan fingerprint density at radius 1 is 0.829 bits per heavy atom. The molecule has 0 fully saturated rings. The molecule has 3 atom stereocenters. The Morgan fingerprint density at radius 2 is 1.34 bits per heavy atom. The van der Waals surface area contributed by atoms with Gasteiger partial charge >= 0.3 is 17.9 Å². The van der Waals surface area contributed by atoms with Crippen LogP contribution < -0.4 is 5.48 Å². The third-order valence-electron chi connectivity index (χ3n) is 5.11. The lowest BCUT2D eigenvalue weighted by molar-refractivity contribution is -0.188. The summed E-state index contributed by atoms with van der Waals surface area (Å²) in [4.78, 5) is 41.1. The Morgan fingerprint density at radius 3 is 1.80 bits per heavy atom.